The van der Waals surface area contributed by atoms with Crippen LogP contribution in [0.2, 0.25) is 0 Å². The fourth-order valence-electron chi connectivity index (χ4n) is 0.999. The smallest absolute Gasteiger partial charge is 0.00576 e. The van der Waals surface area contributed by atoms with Crippen LogP contribution in [0.3, 0.4) is 0 Å². The van der Waals surface area contributed by atoms with Crippen LogP contribution in [0.25, 0.3) is 5.73 Å². The number of rotatable bonds is 3. The molecule has 1 aliphatic carbocycles. The standard InChI is InChI=1S/C9H11N2S.2U/c10-9-8(2-1-5-11-9)12-6-7-3-4-7;;/h1-2,5,7H,3-4,6H2,(H-,10,11);;/q-1;;. The normalized spacial score (nSPS) is 14.0. The summed E-state index contributed by atoms with van der Waals surface area (Å²) in [4.78, 5) is 4.94. The van der Waals surface area contributed by atoms with Gasteiger partial charge < -0.3 is 10.7 Å². The summed E-state index contributed by atoms with van der Waals surface area (Å²) in [5.74, 6) is 2.50. The van der Waals surface area contributed by atoms with Crippen LogP contribution < -0.4 is 0 Å². The molecule has 1 N–H and O–H groups in total. The van der Waals surface area contributed by atoms with E-state index < -0.39 is 0 Å². The first-order valence-corrected chi connectivity index (χ1v) is 5.14. The van der Waals surface area contributed by atoms with Crippen LogP contribution in [-0.4, -0.2) is 10.7 Å². The summed E-state index contributed by atoms with van der Waals surface area (Å²) in [7, 11) is 0. The fraction of sp³-hybridized carbons (Fsp3) is 0.444. The van der Waals surface area contributed by atoms with E-state index in [2.05, 4.69) is 4.98 Å². The molecule has 0 unspecified atom stereocenters. The van der Waals surface area contributed by atoms with Crippen molar-refractivity contribution in [2.45, 2.75) is 17.7 Å². The van der Waals surface area contributed by atoms with E-state index in [1.165, 1.54) is 12.8 Å². The van der Waals surface area contributed by atoms with Gasteiger partial charge in [-0.05, 0) is 24.8 Å². The zero-order valence-corrected chi connectivity index (χ0v) is 16.9. The summed E-state index contributed by atoms with van der Waals surface area (Å²) >= 11 is 1.77. The monoisotopic (exact) mass is 655 g/mol. The predicted molar refractivity (Wildman–Crippen MR) is 51.7 cm³/mol. The number of hydrogen-bond donors (Lipinski definition) is 0. The summed E-state index contributed by atoms with van der Waals surface area (Å²) in [5, 5.41) is 0. The third kappa shape index (κ3) is 4.95. The average molecular weight is 655 g/mol. The molecule has 1 aromatic heterocycles. The molecule has 5 heteroatoms. The van der Waals surface area contributed by atoms with Crippen molar-refractivity contribution in [2.75, 3.05) is 5.75 Å². The van der Waals surface area contributed by atoms with E-state index in [0.29, 0.717) is 5.82 Å². The van der Waals surface area contributed by atoms with Gasteiger partial charge >= 0.3 is 0 Å². The van der Waals surface area contributed by atoms with Crippen LogP contribution in [0.15, 0.2) is 23.2 Å². The average Bonchev–Trinajstić information content (AvgIpc) is 2.86. The van der Waals surface area contributed by atoms with Gasteiger partial charge in [-0.1, -0.05) is 18.1 Å². The second kappa shape index (κ2) is 7.64. The Morgan fingerprint density at radius 1 is 1.43 bits per heavy atom. The minimum Gasteiger partial charge on any atom is -0.481 e. The minimum absolute atomic E-state index is 0. The minimum atomic E-state index is 0. The first-order chi connectivity index (χ1) is 5.86. The van der Waals surface area contributed by atoms with Gasteiger partial charge in [-0.2, -0.15) is 0 Å². The summed E-state index contributed by atoms with van der Waals surface area (Å²) in [6, 6.07) is 3.87. The molecule has 1 aliphatic rings. The van der Waals surface area contributed by atoms with Gasteiger partial charge in [0.25, 0.3) is 0 Å². The van der Waals surface area contributed by atoms with Crippen molar-refractivity contribution in [3.8, 4) is 0 Å². The summed E-state index contributed by atoms with van der Waals surface area (Å²) in [6.45, 7) is 0. The van der Waals surface area contributed by atoms with Crippen LogP contribution >= 0.6 is 11.8 Å². The van der Waals surface area contributed by atoms with E-state index in [-0.39, 0.29) is 62.2 Å². The van der Waals surface area contributed by atoms with Crippen LogP contribution in [0.1, 0.15) is 12.8 Å². The van der Waals surface area contributed by atoms with E-state index in [1.54, 1.807) is 18.0 Å². The van der Waals surface area contributed by atoms with Crippen molar-refractivity contribution >= 4 is 17.6 Å². The molecule has 1 aromatic rings. The third-order valence-corrected chi connectivity index (χ3v) is 3.22. The molecule has 14 heavy (non-hydrogen) atoms. The molecule has 2 nitrogen and oxygen atoms in total. The molecule has 72 valence electrons. The van der Waals surface area contributed by atoms with Crippen LogP contribution in [-0.2, 0) is 0 Å². The van der Waals surface area contributed by atoms with Crippen molar-refractivity contribution in [3.63, 3.8) is 0 Å². The molecular formula is C9H11N2SU2-. The summed E-state index contributed by atoms with van der Waals surface area (Å²) < 4.78 is 0. The Balaban J connectivity index is 0.000000845. The molecule has 0 bridgehead atoms. The van der Waals surface area contributed by atoms with E-state index in [4.69, 9.17) is 5.73 Å². The van der Waals surface area contributed by atoms with Gasteiger partial charge in [0, 0.05) is 72.9 Å². The van der Waals surface area contributed by atoms with Crippen molar-refractivity contribution in [1.82, 2.24) is 4.98 Å². The van der Waals surface area contributed by atoms with Gasteiger partial charge in [0.05, 0.1) is 0 Å². The van der Waals surface area contributed by atoms with Crippen LogP contribution in [0.4, 0.5) is 5.82 Å². The van der Waals surface area contributed by atoms with Crippen molar-refractivity contribution in [1.29, 1.82) is 0 Å². The van der Waals surface area contributed by atoms with Gasteiger partial charge in [0.15, 0.2) is 0 Å². The van der Waals surface area contributed by atoms with E-state index >= 15 is 0 Å². The zero-order valence-electron chi connectivity index (χ0n) is 7.79. The summed E-state index contributed by atoms with van der Waals surface area (Å²) in [6.07, 6.45) is 4.42. The van der Waals surface area contributed by atoms with Gasteiger partial charge in [0.1, 0.15) is 0 Å². The topological polar surface area (TPSA) is 36.7 Å². The fourth-order valence-corrected chi connectivity index (χ4v) is 2.11. The molecule has 0 spiro atoms. The first-order valence-electron chi connectivity index (χ1n) is 4.15. The maximum Gasteiger partial charge on any atom is 0.00576 e. The van der Waals surface area contributed by atoms with E-state index in [0.717, 1.165) is 16.6 Å². The Labute approximate surface area is 136 Å². The summed E-state index contributed by atoms with van der Waals surface area (Å²) in [5.41, 5.74) is 7.50. The Morgan fingerprint density at radius 3 is 2.71 bits per heavy atom. The molecule has 1 saturated carbocycles. The Kier molecular flexibility index (Phi) is 8.41. The van der Waals surface area contributed by atoms with Crippen molar-refractivity contribution in [2.24, 2.45) is 5.92 Å². The molecule has 0 saturated heterocycles. The maximum absolute atomic E-state index is 7.50. The number of hydrogen-bond acceptors (Lipinski definition) is 2. The molecule has 0 atom stereocenters. The number of thioether (sulfide) groups is 1. The van der Waals surface area contributed by atoms with Gasteiger partial charge in [0.2, 0.25) is 0 Å². The van der Waals surface area contributed by atoms with Gasteiger partial charge in [-0.3, -0.25) is 0 Å². The molecule has 0 aromatic carbocycles. The second-order valence-corrected chi connectivity index (χ2v) is 4.17. The largest absolute Gasteiger partial charge is 0.481 e. The maximum atomic E-state index is 7.50. The van der Waals surface area contributed by atoms with Gasteiger partial charge in [-0.15, -0.1) is 11.8 Å². The van der Waals surface area contributed by atoms with E-state index in [1.807, 2.05) is 12.1 Å². The number of nitrogens with zero attached hydrogens (tertiary/aromatic N) is 1. The number of aromatic nitrogens is 1. The molecule has 0 amide bonds. The Bertz CT molecular complexity index is 279. The molecule has 0 aliphatic heterocycles. The zero-order chi connectivity index (χ0) is 8.39. The second-order valence-electron chi connectivity index (χ2n) is 3.10. The van der Waals surface area contributed by atoms with E-state index in [9.17, 15) is 0 Å². The SMILES string of the molecule is [NH-]c1ncccc1SCC1CC1.[U].[U]. The number of pyridine rings is 1. The van der Waals surface area contributed by atoms with Crippen LogP contribution in [0, 0.1) is 68.1 Å². The first kappa shape index (κ1) is 15.4. The Hall–Kier alpha value is 1.40. The molecule has 2 rings (SSSR count). The number of nitrogens with one attached hydrogen (secondary N) is 1. The third-order valence-electron chi connectivity index (χ3n) is 1.94. The van der Waals surface area contributed by atoms with Crippen molar-refractivity contribution in [3.05, 3.63) is 24.1 Å². The molecule has 1 heterocycles. The van der Waals surface area contributed by atoms with Gasteiger partial charge in [-0.25, -0.2) is 0 Å². The molecular weight excluding hydrogens is 644 g/mol. The molecule has 0 radical (unpaired) electrons. The Morgan fingerprint density at radius 2 is 2.14 bits per heavy atom. The van der Waals surface area contributed by atoms with Crippen molar-refractivity contribution < 1.29 is 62.2 Å². The molecule has 1 fully saturated rings. The quantitative estimate of drug-likeness (QED) is 0.470. The van der Waals surface area contributed by atoms with Crippen LogP contribution in [0.5, 0.6) is 0 Å². The predicted octanol–water partition coefficient (Wildman–Crippen LogP) is 3.27.